The monoisotopic (exact) mass is 295 g/mol. The largest absolute Gasteiger partial charge is 0.335 e. The van der Waals surface area contributed by atoms with Gasteiger partial charge in [0.2, 0.25) is 0 Å². The number of benzene rings is 1. The summed E-state index contributed by atoms with van der Waals surface area (Å²) in [5.74, 6) is -0.324. The van der Waals surface area contributed by atoms with E-state index < -0.39 is 10.0 Å². The minimum absolute atomic E-state index is 0.0894. The van der Waals surface area contributed by atoms with Crippen molar-refractivity contribution in [2.45, 2.75) is 23.9 Å². The highest BCUT2D eigenvalue weighted by Gasteiger charge is 2.36. The van der Waals surface area contributed by atoms with Crippen molar-refractivity contribution in [3.05, 3.63) is 48.2 Å². The second-order valence-electron chi connectivity index (χ2n) is 4.74. The number of halogens is 1. The maximum Gasteiger partial charge on any atom is 0.260 e. The molecule has 5 nitrogen and oxygen atoms in total. The third kappa shape index (κ3) is 2.23. The summed E-state index contributed by atoms with van der Waals surface area (Å²) < 4.78 is 39.5. The van der Waals surface area contributed by atoms with E-state index in [2.05, 4.69) is 9.97 Å². The Morgan fingerprint density at radius 3 is 2.70 bits per heavy atom. The summed E-state index contributed by atoms with van der Waals surface area (Å²) in [5.41, 5.74) is 0.812. The number of rotatable bonds is 3. The van der Waals surface area contributed by atoms with Gasteiger partial charge in [-0.05, 0) is 30.5 Å². The topological polar surface area (TPSA) is 66.1 Å². The fraction of sp³-hybridized carbons (Fsp3) is 0.308. The van der Waals surface area contributed by atoms with E-state index in [1.165, 1.54) is 29.0 Å². The maximum atomic E-state index is 13.0. The Morgan fingerprint density at radius 1 is 1.30 bits per heavy atom. The number of H-pyrrole nitrogens is 1. The summed E-state index contributed by atoms with van der Waals surface area (Å²) in [5, 5.41) is 0.0894. The molecule has 0 amide bonds. The number of nitrogens with one attached hydrogen (secondary N) is 1. The fourth-order valence-electron chi connectivity index (χ4n) is 2.56. The lowest BCUT2D eigenvalue weighted by molar-refractivity contribution is 0.395. The first-order valence-corrected chi connectivity index (χ1v) is 7.79. The summed E-state index contributed by atoms with van der Waals surface area (Å²) in [6, 6.07) is 5.74. The molecule has 0 saturated carbocycles. The van der Waals surface area contributed by atoms with Crippen molar-refractivity contribution in [1.82, 2.24) is 14.3 Å². The third-order valence-electron chi connectivity index (χ3n) is 3.52. The zero-order valence-electron chi connectivity index (χ0n) is 10.7. The molecule has 1 aliphatic rings. The quantitative estimate of drug-likeness (QED) is 0.942. The molecule has 0 radical (unpaired) electrons. The number of aromatic nitrogens is 2. The van der Waals surface area contributed by atoms with Crippen LogP contribution in [-0.4, -0.2) is 29.2 Å². The molecule has 1 saturated heterocycles. The Hall–Kier alpha value is -1.73. The summed E-state index contributed by atoms with van der Waals surface area (Å²) >= 11 is 0. The molecule has 0 bridgehead atoms. The van der Waals surface area contributed by atoms with Crippen molar-refractivity contribution in [1.29, 1.82) is 0 Å². The molecule has 1 N–H and O–H groups in total. The number of nitrogens with zero attached hydrogens (tertiary/aromatic N) is 2. The van der Waals surface area contributed by atoms with Gasteiger partial charge in [0.05, 0.1) is 18.6 Å². The summed E-state index contributed by atoms with van der Waals surface area (Å²) in [6.45, 7) is 0.462. The van der Waals surface area contributed by atoms with E-state index >= 15 is 0 Å². The second-order valence-corrected chi connectivity index (χ2v) is 6.60. The lowest BCUT2D eigenvalue weighted by Gasteiger charge is -2.23. The van der Waals surface area contributed by atoms with Crippen LogP contribution in [-0.2, 0) is 10.0 Å². The van der Waals surface area contributed by atoms with Crippen LogP contribution < -0.4 is 0 Å². The molecule has 1 aromatic carbocycles. The lowest BCUT2D eigenvalue weighted by Crippen LogP contribution is -2.30. The van der Waals surface area contributed by atoms with Crippen molar-refractivity contribution in [3.63, 3.8) is 0 Å². The van der Waals surface area contributed by atoms with Crippen LogP contribution in [0, 0.1) is 5.82 Å². The Kier molecular flexibility index (Phi) is 3.31. The molecule has 0 unspecified atom stereocenters. The van der Waals surface area contributed by atoms with Crippen LogP contribution in [0.25, 0.3) is 0 Å². The van der Waals surface area contributed by atoms with Crippen LogP contribution in [0.5, 0.6) is 0 Å². The van der Waals surface area contributed by atoms with Gasteiger partial charge in [-0.2, -0.15) is 4.31 Å². The lowest BCUT2D eigenvalue weighted by atomic mass is 10.1. The van der Waals surface area contributed by atoms with Crippen LogP contribution in [0.4, 0.5) is 4.39 Å². The van der Waals surface area contributed by atoms with Crippen LogP contribution in [0.3, 0.4) is 0 Å². The van der Waals surface area contributed by atoms with Crippen molar-refractivity contribution in [2.75, 3.05) is 6.54 Å². The predicted octanol–water partition coefficient (Wildman–Crippen LogP) is 2.07. The molecule has 1 fully saturated rings. The molecule has 106 valence electrons. The van der Waals surface area contributed by atoms with Crippen LogP contribution in [0.2, 0.25) is 0 Å². The number of sulfonamides is 1. The molecule has 7 heteroatoms. The SMILES string of the molecule is O=S(=O)(c1cnc[nH]1)N1CCC[C@@H]1c1ccc(F)cc1. The van der Waals surface area contributed by atoms with Gasteiger partial charge in [0.1, 0.15) is 5.82 Å². The van der Waals surface area contributed by atoms with Crippen molar-refractivity contribution in [3.8, 4) is 0 Å². The Balaban J connectivity index is 1.95. The molecule has 1 atom stereocenters. The van der Waals surface area contributed by atoms with E-state index in [1.54, 1.807) is 12.1 Å². The van der Waals surface area contributed by atoms with E-state index in [4.69, 9.17) is 0 Å². The van der Waals surface area contributed by atoms with Gasteiger partial charge >= 0.3 is 0 Å². The maximum absolute atomic E-state index is 13.0. The first-order valence-electron chi connectivity index (χ1n) is 6.35. The van der Waals surface area contributed by atoms with Crippen LogP contribution >= 0.6 is 0 Å². The van der Waals surface area contributed by atoms with E-state index in [-0.39, 0.29) is 16.9 Å². The zero-order valence-corrected chi connectivity index (χ0v) is 11.5. The van der Waals surface area contributed by atoms with E-state index in [0.29, 0.717) is 6.54 Å². The van der Waals surface area contributed by atoms with E-state index in [0.717, 1.165) is 18.4 Å². The molecule has 2 aromatic rings. The highest BCUT2D eigenvalue weighted by molar-refractivity contribution is 7.89. The van der Waals surface area contributed by atoms with Crippen LogP contribution in [0.15, 0.2) is 41.8 Å². The number of aromatic amines is 1. The van der Waals surface area contributed by atoms with E-state index in [9.17, 15) is 12.8 Å². The third-order valence-corrected chi connectivity index (χ3v) is 5.35. The van der Waals surface area contributed by atoms with Gasteiger partial charge in [-0.3, -0.25) is 0 Å². The zero-order chi connectivity index (χ0) is 14.2. The second kappa shape index (κ2) is 4.99. The number of hydrogen-bond acceptors (Lipinski definition) is 3. The first-order chi connectivity index (χ1) is 9.59. The van der Waals surface area contributed by atoms with Gasteiger partial charge in [0.15, 0.2) is 5.03 Å². The molecule has 0 aliphatic carbocycles. The molecular weight excluding hydrogens is 281 g/mol. The van der Waals surface area contributed by atoms with Gasteiger partial charge in [0.25, 0.3) is 10.0 Å². The van der Waals surface area contributed by atoms with Gasteiger partial charge in [0, 0.05) is 6.54 Å². The highest BCUT2D eigenvalue weighted by Crippen LogP contribution is 2.35. The van der Waals surface area contributed by atoms with Gasteiger partial charge in [-0.1, -0.05) is 12.1 Å². The Bertz CT molecular complexity index is 683. The van der Waals surface area contributed by atoms with Crippen molar-refractivity contribution < 1.29 is 12.8 Å². The molecule has 2 heterocycles. The molecule has 0 spiro atoms. The molecule has 1 aliphatic heterocycles. The predicted molar refractivity (Wildman–Crippen MR) is 70.9 cm³/mol. The van der Waals surface area contributed by atoms with Gasteiger partial charge in [-0.25, -0.2) is 17.8 Å². The number of imidazole rings is 1. The van der Waals surface area contributed by atoms with Crippen LogP contribution in [0.1, 0.15) is 24.4 Å². The summed E-state index contributed by atoms with van der Waals surface area (Å²) in [7, 11) is -3.58. The molecular formula is C13H14FN3O2S. The molecule has 3 rings (SSSR count). The summed E-state index contributed by atoms with van der Waals surface area (Å²) in [6.07, 6.45) is 4.17. The average molecular weight is 295 g/mol. The van der Waals surface area contributed by atoms with Crippen molar-refractivity contribution >= 4 is 10.0 Å². The minimum atomic E-state index is -3.58. The fourth-order valence-corrected chi connectivity index (χ4v) is 4.14. The highest BCUT2D eigenvalue weighted by atomic mass is 32.2. The molecule has 1 aromatic heterocycles. The number of hydrogen-bond donors (Lipinski definition) is 1. The van der Waals surface area contributed by atoms with Gasteiger partial charge < -0.3 is 4.98 Å². The first kappa shape index (κ1) is 13.3. The Labute approximate surface area is 116 Å². The van der Waals surface area contributed by atoms with Gasteiger partial charge in [-0.15, -0.1) is 0 Å². The van der Waals surface area contributed by atoms with E-state index in [1.807, 2.05) is 0 Å². The standard InChI is InChI=1S/C13H14FN3O2S/c14-11-5-3-10(4-6-11)12-2-1-7-17(12)20(18,19)13-8-15-9-16-13/h3-6,8-9,12H,1-2,7H2,(H,15,16)/t12-/m1/s1. The summed E-state index contributed by atoms with van der Waals surface area (Å²) in [4.78, 5) is 6.39. The van der Waals surface area contributed by atoms with Crippen molar-refractivity contribution in [2.24, 2.45) is 0 Å². The smallest absolute Gasteiger partial charge is 0.260 e. The molecule has 20 heavy (non-hydrogen) atoms. The average Bonchev–Trinajstić information content (AvgIpc) is 3.11. The Morgan fingerprint density at radius 2 is 2.05 bits per heavy atom. The minimum Gasteiger partial charge on any atom is -0.335 e. The normalized spacial score (nSPS) is 20.4.